The summed E-state index contributed by atoms with van der Waals surface area (Å²) < 4.78 is 5.26. The van der Waals surface area contributed by atoms with Crippen LogP contribution >= 0.6 is 11.3 Å². The highest BCUT2D eigenvalue weighted by Crippen LogP contribution is 2.27. The molecule has 0 aliphatic carbocycles. The summed E-state index contributed by atoms with van der Waals surface area (Å²) in [5.41, 5.74) is 6.95. The van der Waals surface area contributed by atoms with Crippen LogP contribution in [0, 0.1) is 13.8 Å². The summed E-state index contributed by atoms with van der Waals surface area (Å²) in [6.07, 6.45) is 1.77. The highest BCUT2D eigenvalue weighted by atomic mass is 32.1. The van der Waals surface area contributed by atoms with Crippen molar-refractivity contribution >= 4 is 33.1 Å². The maximum Gasteiger partial charge on any atom is 0.272 e. The Morgan fingerprint density at radius 1 is 0.912 bits per heavy atom. The lowest BCUT2D eigenvalue weighted by atomic mass is 10.1. The number of thiophene rings is 1. The molecule has 0 unspecified atom stereocenters. The van der Waals surface area contributed by atoms with Crippen LogP contribution < -0.4 is 5.32 Å². The van der Waals surface area contributed by atoms with Crippen LogP contribution in [0.2, 0.25) is 0 Å². The third-order valence-corrected chi connectivity index (χ3v) is 7.15. The first-order chi connectivity index (χ1) is 16.6. The van der Waals surface area contributed by atoms with Gasteiger partial charge in [-0.15, -0.1) is 11.3 Å². The molecule has 0 radical (unpaired) electrons. The van der Waals surface area contributed by atoms with Gasteiger partial charge in [0, 0.05) is 13.1 Å². The number of nitrogens with one attached hydrogen (secondary N) is 1. The van der Waals surface area contributed by atoms with E-state index in [1.54, 1.807) is 11.3 Å². The minimum absolute atomic E-state index is 0.0923. The second kappa shape index (κ2) is 9.69. The van der Waals surface area contributed by atoms with E-state index in [2.05, 4.69) is 69.9 Å². The highest BCUT2D eigenvalue weighted by Gasteiger charge is 2.20. The molecule has 5 aromatic rings. The van der Waals surface area contributed by atoms with Crippen LogP contribution in [0.5, 0.6) is 0 Å². The second-order valence-electron chi connectivity index (χ2n) is 8.55. The van der Waals surface area contributed by atoms with Gasteiger partial charge in [0.25, 0.3) is 5.91 Å². The summed E-state index contributed by atoms with van der Waals surface area (Å²) in [5.74, 6) is -0.0923. The molecule has 172 valence electrons. The molecule has 0 spiro atoms. The third kappa shape index (κ3) is 4.54. The van der Waals surface area contributed by atoms with E-state index >= 15 is 0 Å². The summed E-state index contributed by atoms with van der Waals surface area (Å²) in [6, 6.07) is 24.9. The van der Waals surface area contributed by atoms with Crippen LogP contribution in [0.3, 0.4) is 0 Å². The van der Waals surface area contributed by atoms with E-state index in [9.17, 15) is 4.79 Å². The van der Waals surface area contributed by atoms with E-state index in [0.717, 1.165) is 53.2 Å². The van der Waals surface area contributed by atoms with Crippen molar-refractivity contribution < 1.29 is 4.79 Å². The Hall–Kier alpha value is -3.64. The molecule has 3 aromatic heterocycles. The maximum absolute atomic E-state index is 13.4. The largest absolute Gasteiger partial charge is 0.335 e. The minimum atomic E-state index is -0.0923. The van der Waals surface area contributed by atoms with Gasteiger partial charge in [0.1, 0.15) is 5.69 Å². The third-order valence-electron chi connectivity index (χ3n) is 6.30. The van der Waals surface area contributed by atoms with E-state index in [1.807, 2.05) is 36.7 Å². The Bertz CT molecular complexity index is 1410. The number of hydrogen-bond acceptors (Lipinski definition) is 3. The summed E-state index contributed by atoms with van der Waals surface area (Å²) in [7, 11) is 0. The number of hydrogen-bond donors (Lipinski definition) is 1. The van der Waals surface area contributed by atoms with E-state index in [0.29, 0.717) is 5.69 Å². The number of aromatic nitrogens is 3. The lowest BCUT2D eigenvalue weighted by Gasteiger charge is -2.12. The van der Waals surface area contributed by atoms with Gasteiger partial charge in [-0.3, -0.25) is 9.48 Å². The van der Waals surface area contributed by atoms with Gasteiger partial charge in [-0.2, -0.15) is 5.10 Å². The standard InChI is InChI=1S/C28H28N4OS/c1-20-27(21(2)32(30-20)17-14-23-11-7-4-8-12-23)29-28(33)25-19-26-24(15-18-34-26)31(25)16-13-22-9-5-3-6-10-22/h3-12,15,18-19H,13-14,16-17H2,1-2H3,(H,29,33). The van der Waals surface area contributed by atoms with Crippen LogP contribution in [0.1, 0.15) is 33.0 Å². The topological polar surface area (TPSA) is 51.9 Å². The molecule has 0 aliphatic heterocycles. The zero-order valence-corrected chi connectivity index (χ0v) is 20.3. The van der Waals surface area contributed by atoms with Crippen molar-refractivity contribution in [2.24, 2.45) is 0 Å². The van der Waals surface area contributed by atoms with Crippen molar-refractivity contribution in [3.8, 4) is 0 Å². The van der Waals surface area contributed by atoms with Gasteiger partial charge in [-0.25, -0.2) is 0 Å². The number of aryl methyl sites for hydroxylation is 5. The zero-order valence-electron chi connectivity index (χ0n) is 19.5. The van der Waals surface area contributed by atoms with Crippen molar-refractivity contribution in [1.29, 1.82) is 0 Å². The van der Waals surface area contributed by atoms with Crippen LogP contribution in [-0.2, 0) is 25.9 Å². The summed E-state index contributed by atoms with van der Waals surface area (Å²) >= 11 is 1.67. The Kier molecular flexibility index (Phi) is 6.32. The fraction of sp³-hybridized carbons (Fsp3) is 0.214. The number of nitrogens with zero attached hydrogens (tertiary/aromatic N) is 3. The Balaban J connectivity index is 1.36. The van der Waals surface area contributed by atoms with Crippen LogP contribution in [0.25, 0.3) is 10.2 Å². The smallest absolute Gasteiger partial charge is 0.272 e. The number of benzene rings is 2. The van der Waals surface area contributed by atoms with Crippen molar-refractivity contribution in [3.63, 3.8) is 0 Å². The van der Waals surface area contributed by atoms with Gasteiger partial charge in [-0.05, 0) is 55.3 Å². The molecule has 0 fully saturated rings. The van der Waals surface area contributed by atoms with E-state index < -0.39 is 0 Å². The zero-order chi connectivity index (χ0) is 23.5. The lowest BCUT2D eigenvalue weighted by molar-refractivity contribution is 0.101. The average molecular weight is 469 g/mol. The van der Waals surface area contributed by atoms with Gasteiger partial charge in [-0.1, -0.05) is 60.7 Å². The molecule has 0 atom stereocenters. The number of fused-ring (bicyclic) bond motifs is 1. The molecule has 2 aromatic carbocycles. The first-order valence-corrected chi connectivity index (χ1v) is 12.5. The van der Waals surface area contributed by atoms with Crippen LogP contribution in [0.4, 0.5) is 5.69 Å². The number of amides is 1. The number of carbonyl (C=O) groups is 1. The predicted octanol–water partition coefficient (Wildman–Crippen LogP) is 6.25. The molecule has 0 aliphatic rings. The SMILES string of the molecule is Cc1nn(CCc2ccccc2)c(C)c1NC(=O)c1cc2sccc2n1CCc1ccccc1. The number of anilines is 1. The van der Waals surface area contributed by atoms with Gasteiger partial charge in [0.05, 0.1) is 27.3 Å². The van der Waals surface area contributed by atoms with E-state index in [4.69, 9.17) is 5.10 Å². The number of rotatable bonds is 8. The average Bonchev–Trinajstić information content (AvgIpc) is 3.53. The molecule has 3 heterocycles. The van der Waals surface area contributed by atoms with Gasteiger partial charge < -0.3 is 9.88 Å². The molecule has 5 nitrogen and oxygen atoms in total. The molecule has 1 amide bonds. The van der Waals surface area contributed by atoms with Crippen molar-refractivity contribution in [1.82, 2.24) is 14.3 Å². The summed E-state index contributed by atoms with van der Waals surface area (Å²) in [6.45, 7) is 5.50. The van der Waals surface area contributed by atoms with E-state index in [-0.39, 0.29) is 5.91 Å². The molecular weight excluding hydrogens is 440 g/mol. The Morgan fingerprint density at radius 2 is 1.56 bits per heavy atom. The molecule has 6 heteroatoms. The molecule has 5 rings (SSSR count). The van der Waals surface area contributed by atoms with Gasteiger partial charge in [0.2, 0.25) is 0 Å². The quantitative estimate of drug-likeness (QED) is 0.292. The van der Waals surface area contributed by atoms with Crippen molar-refractivity contribution in [2.75, 3.05) is 5.32 Å². The van der Waals surface area contributed by atoms with E-state index in [1.165, 1.54) is 11.1 Å². The fourth-order valence-corrected chi connectivity index (χ4v) is 5.27. The summed E-state index contributed by atoms with van der Waals surface area (Å²) in [5, 5.41) is 9.94. The normalized spacial score (nSPS) is 11.2. The van der Waals surface area contributed by atoms with Gasteiger partial charge in [0.15, 0.2) is 0 Å². The predicted molar refractivity (Wildman–Crippen MR) is 140 cm³/mol. The molecule has 1 N–H and O–H groups in total. The van der Waals surface area contributed by atoms with Crippen LogP contribution in [0.15, 0.2) is 78.2 Å². The second-order valence-corrected chi connectivity index (χ2v) is 9.49. The molecule has 0 saturated carbocycles. The maximum atomic E-state index is 13.4. The minimum Gasteiger partial charge on any atom is -0.335 e. The van der Waals surface area contributed by atoms with Crippen molar-refractivity contribution in [3.05, 3.63) is 106 Å². The molecule has 0 saturated heterocycles. The molecule has 0 bridgehead atoms. The highest BCUT2D eigenvalue weighted by molar-refractivity contribution is 7.17. The molecule has 34 heavy (non-hydrogen) atoms. The van der Waals surface area contributed by atoms with Gasteiger partial charge >= 0.3 is 0 Å². The van der Waals surface area contributed by atoms with Crippen LogP contribution in [-0.4, -0.2) is 20.3 Å². The molecular formula is C28H28N4OS. The van der Waals surface area contributed by atoms with Crippen molar-refractivity contribution in [2.45, 2.75) is 39.8 Å². The first kappa shape index (κ1) is 22.2. The Labute approximate surface area is 203 Å². The monoisotopic (exact) mass is 468 g/mol. The lowest BCUT2D eigenvalue weighted by Crippen LogP contribution is -2.18. The fourth-order valence-electron chi connectivity index (χ4n) is 4.44. The number of carbonyl (C=O) groups excluding carboxylic acids is 1. The Morgan fingerprint density at radius 3 is 2.24 bits per heavy atom. The summed E-state index contributed by atoms with van der Waals surface area (Å²) in [4.78, 5) is 13.4. The first-order valence-electron chi connectivity index (χ1n) is 11.6.